The van der Waals surface area contributed by atoms with Crippen LogP contribution in [0.25, 0.3) is 0 Å². The standard InChI is InChI=1S/C20H19Cl2NO/c21-16-4-1-3-15(13-16)7-10-20(24)11-8-18(9-12-20)23-19-6-2-5-17(22)14-19/h1-6,13-14,18,23-24H,8-9,11-12H2. The van der Waals surface area contributed by atoms with Crippen molar-refractivity contribution in [3.8, 4) is 11.8 Å². The molecule has 124 valence electrons. The van der Waals surface area contributed by atoms with Gasteiger partial charge >= 0.3 is 0 Å². The molecule has 0 aromatic heterocycles. The van der Waals surface area contributed by atoms with Gasteiger partial charge in [-0.2, -0.15) is 0 Å². The fraction of sp³-hybridized carbons (Fsp3) is 0.300. The molecule has 0 radical (unpaired) electrons. The molecule has 0 heterocycles. The molecule has 2 aromatic rings. The SMILES string of the molecule is OC1(C#Cc2cccc(Cl)c2)CCC(Nc2cccc(Cl)c2)CC1. The molecule has 0 atom stereocenters. The van der Waals surface area contributed by atoms with Crippen molar-refractivity contribution in [1.29, 1.82) is 0 Å². The second kappa shape index (κ2) is 7.49. The summed E-state index contributed by atoms with van der Waals surface area (Å²) >= 11 is 12.0. The van der Waals surface area contributed by atoms with E-state index in [2.05, 4.69) is 17.2 Å². The zero-order chi connectivity index (χ0) is 17.0. The number of halogens is 2. The molecule has 0 aliphatic heterocycles. The molecule has 0 saturated heterocycles. The van der Waals surface area contributed by atoms with Gasteiger partial charge in [0.25, 0.3) is 0 Å². The van der Waals surface area contributed by atoms with Gasteiger partial charge in [0.1, 0.15) is 5.60 Å². The van der Waals surface area contributed by atoms with Crippen LogP contribution in [0.5, 0.6) is 0 Å². The predicted octanol–water partition coefficient (Wildman–Crippen LogP) is 5.13. The number of hydrogen-bond donors (Lipinski definition) is 2. The average molecular weight is 360 g/mol. The van der Waals surface area contributed by atoms with Gasteiger partial charge in [-0.15, -0.1) is 0 Å². The number of rotatable bonds is 2. The van der Waals surface area contributed by atoms with Crippen LogP contribution in [0.4, 0.5) is 5.69 Å². The second-order valence-corrected chi connectivity index (χ2v) is 7.09. The van der Waals surface area contributed by atoms with Gasteiger partial charge in [-0.3, -0.25) is 0 Å². The summed E-state index contributed by atoms with van der Waals surface area (Å²) in [6.07, 6.45) is 3.04. The van der Waals surface area contributed by atoms with Crippen LogP contribution in [-0.4, -0.2) is 16.7 Å². The third kappa shape index (κ3) is 4.68. The fourth-order valence-electron chi connectivity index (χ4n) is 2.93. The summed E-state index contributed by atoms with van der Waals surface area (Å²) in [4.78, 5) is 0. The van der Waals surface area contributed by atoms with E-state index in [0.29, 0.717) is 23.9 Å². The van der Waals surface area contributed by atoms with E-state index in [1.807, 2.05) is 48.5 Å². The summed E-state index contributed by atoms with van der Waals surface area (Å²) in [7, 11) is 0. The number of anilines is 1. The van der Waals surface area contributed by atoms with Crippen LogP contribution >= 0.6 is 23.2 Å². The average Bonchev–Trinajstić information content (AvgIpc) is 2.56. The van der Waals surface area contributed by atoms with E-state index in [-0.39, 0.29) is 0 Å². The smallest absolute Gasteiger partial charge is 0.126 e. The molecule has 0 bridgehead atoms. The van der Waals surface area contributed by atoms with Crippen LogP contribution in [-0.2, 0) is 0 Å². The number of benzene rings is 2. The number of hydrogen-bond acceptors (Lipinski definition) is 2. The molecule has 3 rings (SSSR count). The largest absolute Gasteiger partial charge is 0.382 e. The summed E-state index contributed by atoms with van der Waals surface area (Å²) in [6, 6.07) is 15.4. The number of aliphatic hydroxyl groups is 1. The lowest BCUT2D eigenvalue weighted by atomic mass is 9.82. The Bertz CT molecular complexity index is 770. The zero-order valence-electron chi connectivity index (χ0n) is 13.2. The van der Waals surface area contributed by atoms with E-state index < -0.39 is 5.60 Å². The highest BCUT2D eigenvalue weighted by atomic mass is 35.5. The first-order valence-corrected chi connectivity index (χ1v) is 8.81. The monoisotopic (exact) mass is 359 g/mol. The molecular formula is C20H19Cl2NO. The Morgan fingerprint density at radius 2 is 1.67 bits per heavy atom. The maximum Gasteiger partial charge on any atom is 0.126 e. The first-order chi connectivity index (χ1) is 11.5. The lowest BCUT2D eigenvalue weighted by Crippen LogP contribution is -2.37. The van der Waals surface area contributed by atoms with Crippen molar-refractivity contribution in [2.75, 3.05) is 5.32 Å². The molecule has 2 N–H and O–H groups in total. The van der Waals surface area contributed by atoms with Crippen molar-refractivity contribution in [3.05, 3.63) is 64.1 Å². The lowest BCUT2D eigenvalue weighted by Gasteiger charge is -2.33. The minimum absolute atomic E-state index is 0.330. The van der Waals surface area contributed by atoms with Crippen molar-refractivity contribution in [1.82, 2.24) is 0 Å². The summed E-state index contributed by atoms with van der Waals surface area (Å²) in [5.74, 6) is 6.08. The number of nitrogens with one attached hydrogen (secondary N) is 1. The molecule has 0 spiro atoms. The Hall–Kier alpha value is -1.66. The molecule has 1 fully saturated rings. The van der Waals surface area contributed by atoms with Gasteiger partial charge in [0, 0.05) is 27.3 Å². The van der Waals surface area contributed by atoms with E-state index in [9.17, 15) is 5.11 Å². The van der Waals surface area contributed by atoms with E-state index >= 15 is 0 Å². The minimum Gasteiger partial charge on any atom is -0.382 e. The Morgan fingerprint density at radius 3 is 2.33 bits per heavy atom. The van der Waals surface area contributed by atoms with Crippen LogP contribution in [0.1, 0.15) is 31.2 Å². The van der Waals surface area contributed by atoms with Crippen LogP contribution in [0, 0.1) is 11.8 Å². The first-order valence-electron chi connectivity index (χ1n) is 8.06. The first kappa shape index (κ1) is 17.2. The summed E-state index contributed by atoms with van der Waals surface area (Å²) in [5, 5.41) is 15.5. The molecule has 24 heavy (non-hydrogen) atoms. The molecule has 1 aliphatic carbocycles. The van der Waals surface area contributed by atoms with Crippen molar-refractivity contribution in [2.24, 2.45) is 0 Å². The molecule has 2 aromatic carbocycles. The van der Waals surface area contributed by atoms with E-state index in [1.165, 1.54) is 0 Å². The van der Waals surface area contributed by atoms with Crippen molar-refractivity contribution < 1.29 is 5.11 Å². The van der Waals surface area contributed by atoms with Gasteiger partial charge in [0.2, 0.25) is 0 Å². The van der Waals surface area contributed by atoms with Gasteiger partial charge in [0.05, 0.1) is 0 Å². The van der Waals surface area contributed by atoms with Crippen molar-refractivity contribution in [3.63, 3.8) is 0 Å². The Kier molecular flexibility index (Phi) is 5.36. The highest BCUT2D eigenvalue weighted by Crippen LogP contribution is 2.30. The summed E-state index contributed by atoms with van der Waals surface area (Å²) < 4.78 is 0. The van der Waals surface area contributed by atoms with Gasteiger partial charge in [0.15, 0.2) is 0 Å². The minimum atomic E-state index is -0.922. The molecule has 2 nitrogen and oxygen atoms in total. The van der Waals surface area contributed by atoms with Gasteiger partial charge in [-0.25, -0.2) is 0 Å². The maximum absolute atomic E-state index is 10.7. The molecule has 1 saturated carbocycles. The quantitative estimate of drug-likeness (QED) is 0.728. The molecular weight excluding hydrogens is 341 g/mol. The third-order valence-electron chi connectivity index (χ3n) is 4.27. The third-order valence-corrected chi connectivity index (χ3v) is 4.74. The van der Waals surface area contributed by atoms with Gasteiger partial charge in [-0.1, -0.05) is 47.2 Å². The fourth-order valence-corrected chi connectivity index (χ4v) is 3.31. The molecule has 0 unspecified atom stereocenters. The molecule has 0 amide bonds. The predicted molar refractivity (Wildman–Crippen MR) is 101 cm³/mol. The van der Waals surface area contributed by atoms with Gasteiger partial charge in [-0.05, 0) is 62.1 Å². The molecule has 4 heteroatoms. The Morgan fingerprint density at radius 1 is 1.00 bits per heavy atom. The Balaban J connectivity index is 1.60. The normalized spacial score (nSPS) is 23.2. The highest BCUT2D eigenvalue weighted by molar-refractivity contribution is 6.31. The van der Waals surface area contributed by atoms with Crippen LogP contribution in [0.2, 0.25) is 10.0 Å². The summed E-state index contributed by atoms with van der Waals surface area (Å²) in [5.41, 5.74) is 0.924. The van der Waals surface area contributed by atoms with Crippen molar-refractivity contribution >= 4 is 28.9 Å². The van der Waals surface area contributed by atoms with E-state index in [1.54, 1.807) is 0 Å². The van der Waals surface area contributed by atoms with Crippen molar-refractivity contribution in [2.45, 2.75) is 37.3 Å². The van der Waals surface area contributed by atoms with Crippen LogP contribution in [0.15, 0.2) is 48.5 Å². The maximum atomic E-state index is 10.7. The topological polar surface area (TPSA) is 32.3 Å². The van der Waals surface area contributed by atoms with Crippen LogP contribution in [0.3, 0.4) is 0 Å². The van der Waals surface area contributed by atoms with E-state index in [0.717, 1.165) is 29.1 Å². The Labute approximate surface area is 152 Å². The van der Waals surface area contributed by atoms with Crippen LogP contribution < -0.4 is 5.32 Å². The summed E-state index contributed by atoms with van der Waals surface area (Å²) in [6.45, 7) is 0. The lowest BCUT2D eigenvalue weighted by molar-refractivity contribution is 0.0576. The van der Waals surface area contributed by atoms with E-state index in [4.69, 9.17) is 23.2 Å². The highest BCUT2D eigenvalue weighted by Gasteiger charge is 2.31. The van der Waals surface area contributed by atoms with Gasteiger partial charge < -0.3 is 10.4 Å². The second-order valence-electron chi connectivity index (χ2n) is 6.22. The molecule has 1 aliphatic rings. The zero-order valence-corrected chi connectivity index (χ0v) is 14.7.